The first-order valence-corrected chi connectivity index (χ1v) is 9.03. The number of likely N-dealkylation sites (N-methyl/N-ethyl adjacent to an activating group) is 1. The number of ether oxygens (including phenoxy) is 2. The van der Waals surface area contributed by atoms with Crippen LogP contribution in [0.5, 0.6) is 11.5 Å². The standard InChI is InChI=1S/C14H22N2O.C7H8O.2ClH/c1-2-15-8-10-16(11-9-15)12-13-17-14-6-4-3-5-7-14;1-8-7-5-3-2-4-6-7;;/h3-7H,2,8-13H2,1H3;2-6H,1H3;2*1H. The average molecular weight is 415 g/mol. The average Bonchev–Trinajstić information content (AvgIpc) is 2.70. The molecule has 0 saturated carbocycles. The molecule has 1 saturated heterocycles. The van der Waals surface area contributed by atoms with E-state index in [4.69, 9.17) is 9.47 Å². The predicted octanol–water partition coefficient (Wildman–Crippen LogP) is 4.24. The van der Waals surface area contributed by atoms with Crippen LogP contribution in [0.4, 0.5) is 0 Å². The zero-order valence-corrected chi connectivity index (χ0v) is 17.9. The summed E-state index contributed by atoms with van der Waals surface area (Å²) >= 11 is 0. The first kappa shape index (κ1) is 25.5. The van der Waals surface area contributed by atoms with E-state index in [1.807, 2.05) is 60.7 Å². The third-order valence-corrected chi connectivity index (χ3v) is 4.31. The first-order chi connectivity index (χ1) is 12.3. The Morgan fingerprint density at radius 2 is 1.22 bits per heavy atom. The van der Waals surface area contributed by atoms with Gasteiger partial charge in [-0.05, 0) is 30.8 Å². The second-order valence-electron chi connectivity index (χ2n) is 5.95. The van der Waals surface area contributed by atoms with Gasteiger partial charge in [-0.2, -0.15) is 0 Å². The molecule has 1 heterocycles. The van der Waals surface area contributed by atoms with E-state index in [-0.39, 0.29) is 24.8 Å². The Morgan fingerprint density at radius 3 is 1.67 bits per heavy atom. The Morgan fingerprint density at radius 1 is 0.741 bits per heavy atom. The summed E-state index contributed by atoms with van der Waals surface area (Å²) in [6.45, 7) is 9.97. The predicted molar refractivity (Wildman–Crippen MR) is 118 cm³/mol. The number of benzene rings is 2. The van der Waals surface area contributed by atoms with Gasteiger partial charge in [0.15, 0.2) is 0 Å². The van der Waals surface area contributed by atoms with E-state index < -0.39 is 0 Å². The minimum atomic E-state index is 0. The van der Waals surface area contributed by atoms with Gasteiger partial charge in [0.25, 0.3) is 0 Å². The van der Waals surface area contributed by atoms with Crippen molar-refractivity contribution in [2.45, 2.75) is 6.92 Å². The zero-order valence-electron chi connectivity index (χ0n) is 16.3. The third kappa shape index (κ3) is 10.5. The van der Waals surface area contributed by atoms with Gasteiger partial charge >= 0.3 is 0 Å². The maximum absolute atomic E-state index is 5.71. The van der Waals surface area contributed by atoms with Crippen molar-refractivity contribution in [3.8, 4) is 11.5 Å². The molecule has 0 atom stereocenters. The van der Waals surface area contributed by atoms with Gasteiger partial charge in [0.05, 0.1) is 7.11 Å². The fraction of sp³-hybridized carbons (Fsp3) is 0.429. The van der Waals surface area contributed by atoms with Crippen molar-refractivity contribution in [1.82, 2.24) is 9.80 Å². The number of rotatable bonds is 6. The molecule has 1 aliphatic heterocycles. The number of halogens is 2. The van der Waals surface area contributed by atoms with Gasteiger partial charge < -0.3 is 14.4 Å². The minimum absolute atomic E-state index is 0. The number of methoxy groups -OCH3 is 1. The largest absolute Gasteiger partial charge is 0.497 e. The highest BCUT2D eigenvalue weighted by molar-refractivity contribution is 5.85. The molecule has 0 aliphatic carbocycles. The molecule has 0 unspecified atom stereocenters. The van der Waals surface area contributed by atoms with Crippen LogP contribution in [0.2, 0.25) is 0 Å². The second kappa shape index (κ2) is 15.6. The minimum Gasteiger partial charge on any atom is -0.497 e. The Hall–Kier alpha value is -1.46. The third-order valence-electron chi connectivity index (χ3n) is 4.31. The van der Waals surface area contributed by atoms with Gasteiger partial charge in [0, 0.05) is 32.7 Å². The molecule has 0 amide bonds. The summed E-state index contributed by atoms with van der Waals surface area (Å²) in [5.41, 5.74) is 0. The quantitative estimate of drug-likeness (QED) is 0.705. The van der Waals surface area contributed by atoms with E-state index in [1.54, 1.807) is 7.11 Å². The van der Waals surface area contributed by atoms with Crippen molar-refractivity contribution in [1.29, 1.82) is 0 Å². The summed E-state index contributed by atoms with van der Waals surface area (Å²) in [6, 6.07) is 19.7. The molecule has 27 heavy (non-hydrogen) atoms. The Labute approximate surface area is 176 Å². The fourth-order valence-corrected chi connectivity index (χ4v) is 2.70. The second-order valence-corrected chi connectivity index (χ2v) is 5.95. The summed E-state index contributed by atoms with van der Waals surface area (Å²) in [4.78, 5) is 4.98. The highest BCUT2D eigenvalue weighted by atomic mass is 35.5. The molecule has 2 aromatic rings. The molecule has 2 aromatic carbocycles. The van der Waals surface area contributed by atoms with Crippen LogP contribution in [0.15, 0.2) is 60.7 Å². The molecule has 0 spiro atoms. The van der Waals surface area contributed by atoms with Crippen LogP contribution in [-0.4, -0.2) is 62.8 Å². The molecular weight excluding hydrogens is 383 g/mol. The van der Waals surface area contributed by atoms with Gasteiger partial charge in [0.2, 0.25) is 0 Å². The SMILES string of the molecule is CCN1CCN(CCOc2ccccc2)CC1.COc1ccccc1.Cl.Cl. The van der Waals surface area contributed by atoms with Crippen LogP contribution in [0.3, 0.4) is 0 Å². The highest BCUT2D eigenvalue weighted by Gasteiger charge is 2.14. The Kier molecular flexibility index (Phi) is 14.7. The number of piperazine rings is 1. The number of hydrogen-bond donors (Lipinski definition) is 0. The zero-order chi connectivity index (χ0) is 17.7. The monoisotopic (exact) mass is 414 g/mol. The van der Waals surface area contributed by atoms with Crippen LogP contribution in [0.1, 0.15) is 6.92 Å². The van der Waals surface area contributed by atoms with Gasteiger partial charge in [-0.3, -0.25) is 4.90 Å². The van der Waals surface area contributed by atoms with E-state index in [0.29, 0.717) is 0 Å². The lowest BCUT2D eigenvalue weighted by Gasteiger charge is -2.33. The molecule has 0 aromatic heterocycles. The lowest BCUT2D eigenvalue weighted by molar-refractivity contribution is 0.121. The van der Waals surface area contributed by atoms with E-state index in [0.717, 1.165) is 24.7 Å². The Bertz CT molecular complexity index is 565. The van der Waals surface area contributed by atoms with Crippen molar-refractivity contribution in [2.24, 2.45) is 0 Å². The number of nitrogens with zero attached hydrogens (tertiary/aromatic N) is 2. The van der Waals surface area contributed by atoms with Crippen LogP contribution in [0.25, 0.3) is 0 Å². The maximum atomic E-state index is 5.71. The van der Waals surface area contributed by atoms with Crippen LogP contribution < -0.4 is 9.47 Å². The smallest absolute Gasteiger partial charge is 0.119 e. The topological polar surface area (TPSA) is 24.9 Å². The lowest BCUT2D eigenvalue weighted by atomic mass is 10.3. The van der Waals surface area contributed by atoms with Gasteiger partial charge in [-0.15, -0.1) is 24.8 Å². The summed E-state index contributed by atoms with van der Waals surface area (Å²) < 4.78 is 10.6. The highest BCUT2D eigenvalue weighted by Crippen LogP contribution is 2.08. The normalized spacial score (nSPS) is 14.0. The first-order valence-electron chi connectivity index (χ1n) is 9.03. The van der Waals surface area contributed by atoms with Crippen LogP contribution >= 0.6 is 24.8 Å². The van der Waals surface area contributed by atoms with Crippen LogP contribution in [0, 0.1) is 0 Å². The van der Waals surface area contributed by atoms with Crippen molar-refractivity contribution in [3.63, 3.8) is 0 Å². The summed E-state index contributed by atoms with van der Waals surface area (Å²) in [7, 11) is 1.66. The fourth-order valence-electron chi connectivity index (χ4n) is 2.70. The molecule has 0 radical (unpaired) electrons. The molecule has 152 valence electrons. The van der Waals surface area contributed by atoms with Gasteiger partial charge in [0.1, 0.15) is 18.1 Å². The van der Waals surface area contributed by atoms with Crippen LogP contribution in [-0.2, 0) is 0 Å². The summed E-state index contributed by atoms with van der Waals surface area (Å²) in [5, 5.41) is 0. The molecule has 0 N–H and O–H groups in total. The lowest BCUT2D eigenvalue weighted by Crippen LogP contribution is -2.47. The molecule has 4 nitrogen and oxygen atoms in total. The van der Waals surface area contributed by atoms with Crippen molar-refractivity contribution < 1.29 is 9.47 Å². The summed E-state index contributed by atoms with van der Waals surface area (Å²) in [5.74, 6) is 1.88. The van der Waals surface area contributed by atoms with E-state index >= 15 is 0 Å². The van der Waals surface area contributed by atoms with Crippen molar-refractivity contribution >= 4 is 24.8 Å². The van der Waals surface area contributed by atoms with Crippen molar-refractivity contribution in [2.75, 3.05) is 53.0 Å². The number of hydrogen-bond acceptors (Lipinski definition) is 4. The van der Waals surface area contributed by atoms with E-state index in [1.165, 1.54) is 32.7 Å². The number of para-hydroxylation sites is 2. The molecular formula is C21H32Cl2N2O2. The summed E-state index contributed by atoms with van der Waals surface area (Å²) in [6.07, 6.45) is 0. The maximum Gasteiger partial charge on any atom is 0.119 e. The Balaban J connectivity index is 0.000000577. The molecule has 1 fully saturated rings. The van der Waals surface area contributed by atoms with Gasteiger partial charge in [-0.1, -0.05) is 43.3 Å². The molecule has 1 aliphatic rings. The molecule has 3 rings (SSSR count). The van der Waals surface area contributed by atoms with E-state index in [2.05, 4.69) is 16.7 Å². The molecule has 0 bridgehead atoms. The van der Waals surface area contributed by atoms with Gasteiger partial charge in [-0.25, -0.2) is 0 Å². The van der Waals surface area contributed by atoms with Crippen molar-refractivity contribution in [3.05, 3.63) is 60.7 Å². The van der Waals surface area contributed by atoms with E-state index in [9.17, 15) is 0 Å². The molecule has 6 heteroatoms.